The Labute approximate surface area is 330 Å². The first-order valence-electron chi connectivity index (χ1n) is 18.4. The van der Waals surface area contributed by atoms with Crippen LogP contribution in [0.15, 0.2) is 176 Å². The molecule has 0 N–H and O–H groups in total. The van der Waals surface area contributed by atoms with Gasteiger partial charge in [0.25, 0.3) is 0 Å². The van der Waals surface area contributed by atoms with E-state index < -0.39 is 0 Å². The number of fused-ring (bicyclic) bond motifs is 6. The van der Waals surface area contributed by atoms with E-state index in [1.54, 1.807) is 22.7 Å². The fourth-order valence-electron chi connectivity index (χ4n) is 7.49. The topological polar surface area (TPSA) is 64.5 Å². The van der Waals surface area contributed by atoms with Gasteiger partial charge in [-0.25, -0.2) is 24.9 Å². The Bertz CT molecular complexity index is 3170. The summed E-state index contributed by atoms with van der Waals surface area (Å²) in [4.78, 5) is 25.8. The van der Waals surface area contributed by atoms with E-state index in [9.17, 15) is 0 Å². The third kappa shape index (κ3) is 5.56. The molecular formula is C49H29N5S2. The Kier molecular flexibility index (Phi) is 7.79. The van der Waals surface area contributed by atoms with Crippen LogP contribution in [0.4, 0.5) is 0 Å². The minimum atomic E-state index is 0.642. The van der Waals surface area contributed by atoms with Crippen LogP contribution in [-0.2, 0) is 0 Å². The molecule has 0 fully saturated rings. The monoisotopic (exact) mass is 751 g/mol. The zero-order valence-electron chi connectivity index (χ0n) is 29.8. The van der Waals surface area contributed by atoms with Crippen molar-refractivity contribution >= 4 is 63.1 Å². The molecule has 4 aromatic heterocycles. The fraction of sp³-hybridized carbons (Fsp3) is 0. The van der Waals surface area contributed by atoms with Gasteiger partial charge in [-0.2, -0.15) is 0 Å². The lowest BCUT2D eigenvalue weighted by Crippen LogP contribution is -2.00. The van der Waals surface area contributed by atoms with E-state index >= 15 is 0 Å². The molecule has 0 aliphatic rings. The molecule has 0 unspecified atom stereocenters. The number of hydrogen-bond acceptors (Lipinski definition) is 7. The molecule has 0 spiro atoms. The van der Waals surface area contributed by atoms with Crippen molar-refractivity contribution in [1.29, 1.82) is 0 Å². The number of benzene rings is 7. The Morgan fingerprint density at radius 2 is 0.786 bits per heavy atom. The summed E-state index contributed by atoms with van der Waals surface area (Å²) in [6.07, 6.45) is 0. The maximum atomic E-state index is 5.40. The number of aromatic nitrogens is 5. The maximum absolute atomic E-state index is 5.40. The van der Waals surface area contributed by atoms with E-state index in [0.29, 0.717) is 23.3 Å². The predicted molar refractivity (Wildman–Crippen MR) is 234 cm³/mol. The highest BCUT2D eigenvalue weighted by Gasteiger charge is 2.22. The van der Waals surface area contributed by atoms with Crippen LogP contribution in [0.1, 0.15) is 0 Å². The lowest BCUT2D eigenvalue weighted by Gasteiger charge is -2.10. The molecule has 0 saturated carbocycles. The first-order valence-corrected chi connectivity index (χ1v) is 20.1. The third-order valence-corrected chi connectivity index (χ3v) is 12.6. The van der Waals surface area contributed by atoms with Gasteiger partial charge in [0, 0.05) is 58.1 Å². The lowest BCUT2D eigenvalue weighted by molar-refractivity contribution is 1.08. The summed E-state index contributed by atoms with van der Waals surface area (Å²) in [5, 5.41) is 3.40. The van der Waals surface area contributed by atoms with Gasteiger partial charge in [0.05, 0.1) is 15.9 Å². The van der Waals surface area contributed by atoms with Crippen molar-refractivity contribution < 1.29 is 0 Å². The Hall–Kier alpha value is -6.93. The SMILES string of the molecule is c1ccc(-c2ccc(-c3nc(-c4cccc5c4sc4cccc(-c6nc(-c7ccccc7)nc(-c7ccccc7)n6)c45)c4sc5ccccc5c4n3)cc2)cc1. The standard InChI is InChI=1S/C49H29N5S2/c1-4-14-30(15-5-1)31-26-28-34(29-27-31)46-50-42-35-20-10-11-24-39(35)55-45(42)43(51-46)38-23-12-21-36-41-37(22-13-25-40(41)56-44(36)38)49-53-47(32-16-6-2-7-17-32)52-48(54-49)33-18-8-3-9-19-33/h1-29H. The molecular weight excluding hydrogens is 723 g/mol. The van der Waals surface area contributed by atoms with Crippen LogP contribution in [0.5, 0.6) is 0 Å². The third-order valence-electron chi connectivity index (χ3n) is 10.2. The summed E-state index contributed by atoms with van der Waals surface area (Å²) in [5.74, 6) is 2.64. The summed E-state index contributed by atoms with van der Waals surface area (Å²) < 4.78 is 4.60. The summed E-state index contributed by atoms with van der Waals surface area (Å²) in [6, 6.07) is 60.8. The van der Waals surface area contributed by atoms with E-state index in [2.05, 4.69) is 109 Å². The van der Waals surface area contributed by atoms with Gasteiger partial charge in [-0.1, -0.05) is 164 Å². The van der Waals surface area contributed by atoms with Gasteiger partial charge < -0.3 is 0 Å². The van der Waals surface area contributed by atoms with Gasteiger partial charge in [0.15, 0.2) is 23.3 Å². The van der Waals surface area contributed by atoms with Gasteiger partial charge >= 0.3 is 0 Å². The van der Waals surface area contributed by atoms with Crippen LogP contribution in [0, 0.1) is 0 Å². The predicted octanol–water partition coefficient (Wildman–Crippen LogP) is 13.4. The number of rotatable bonds is 6. The molecule has 0 aliphatic carbocycles. The van der Waals surface area contributed by atoms with Crippen LogP contribution in [0.3, 0.4) is 0 Å². The van der Waals surface area contributed by atoms with Crippen LogP contribution >= 0.6 is 22.7 Å². The van der Waals surface area contributed by atoms with E-state index in [0.717, 1.165) is 70.1 Å². The normalized spacial score (nSPS) is 11.6. The quantitative estimate of drug-likeness (QED) is 0.169. The Morgan fingerprint density at radius 1 is 0.304 bits per heavy atom. The molecule has 7 aromatic carbocycles. The molecule has 7 heteroatoms. The zero-order valence-corrected chi connectivity index (χ0v) is 31.4. The molecule has 4 heterocycles. The molecule has 0 aliphatic heterocycles. The summed E-state index contributed by atoms with van der Waals surface area (Å²) >= 11 is 3.54. The van der Waals surface area contributed by atoms with E-state index in [4.69, 9.17) is 24.9 Å². The molecule has 0 amide bonds. The highest BCUT2D eigenvalue weighted by molar-refractivity contribution is 7.27. The second-order valence-electron chi connectivity index (χ2n) is 13.6. The first-order chi connectivity index (χ1) is 27.7. The smallest absolute Gasteiger partial charge is 0.164 e. The molecule has 0 atom stereocenters. The van der Waals surface area contributed by atoms with E-state index in [-0.39, 0.29) is 0 Å². The van der Waals surface area contributed by atoms with E-state index in [1.807, 2.05) is 66.7 Å². The molecule has 0 saturated heterocycles. The summed E-state index contributed by atoms with van der Waals surface area (Å²) in [7, 11) is 0. The van der Waals surface area contributed by atoms with E-state index in [1.165, 1.54) is 15.0 Å². The number of thiophene rings is 2. The Morgan fingerprint density at radius 3 is 1.50 bits per heavy atom. The second kappa shape index (κ2) is 13.4. The molecule has 11 rings (SSSR count). The van der Waals surface area contributed by atoms with Gasteiger partial charge in [-0.15, -0.1) is 22.7 Å². The lowest BCUT2D eigenvalue weighted by atomic mass is 10.0. The van der Waals surface area contributed by atoms with Gasteiger partial charge in [-0.05, 0) is 23.3 Å². The summed E-state index contributed by atoms with van der Waals surface area (Å²) in [5.41, 5.74) is 9.18. The van der Waals surface area contributed by atoms with Gasteiger partial charge in [-0.3, -0.25) is 0 Å². The van der Waals surface area contributed by atoms with Crippen molar-refractivity contribution in [2.45, 2.75) is 0 Å². The maximum Gasteiger partial charge on any atom is 0.164 e. The molecule has 262 valence electrons. The van der Waals surface area contributed by atoms with Gasteiger partial charge in [0.1, 0.15) is 0 Å². The summed E-state index contributed by atoms with van der Waals surface area (Å²) in [6.45, 7) is 0. The fourth-order valence-corrected chi connectivity index (χ4v) is 9.88. The molecule has 0 bridgehead atoms. The zero-order chi connectivity index (χ0) is 37.0. The van der Waals surface area contributed by atoms with Crippen molar-refractivity contribution in [3.8, 4) is 67.9 Å². The molecule has 11 aromatic rings. The van der Waals surface area contributed by atoms with Crippen LogP contribution < -0.4 is 0 Å². The minimum absolute atomic E-state index is 0.642. The first kappa shape index (κ1) is 32.5. The van der Waals surface area contributed by atoms with Crippen molar-refractivity contribution in [3.63, 3.8) is 0 Å². The average Bonchev–Trinajstić information content (AvgIpc) is 3.86. The van der Waals surface area contributed by atoms with Crippen molar-refractivity contribution in [2.75, 3.05) is 0 Å². The Balaban J connectivity index is 1.12. The van der Waals surface area contributed by atoms with Crippen LogP contribution in [0.25, 0.3) is 108 Å². The highest BCUT2D eigenvalue weighted by Crippen LogP contribution is 2.46. The minimum Gasteiger partial charge on any atom is -0.226 e. The van der Waals surface area contributed by atoms with Crippen molar-refractivity contribution in [1.82, 2.24) is 24.9 Å². The van der Waals surface area contributed by atoms with Crippen LogP contribution in [-0.4, -0.2) is 24.9 Å². The van der Waals surface area contributed by atoms with Crippen LogP contribution in [0.2, 0.25) is 0 Å². The largest absolute Gasteiger partial charge is 0.226 e. The average molecular weight is 752 g/mol. The molecule has 0 radical (unpaired) electrons. The van der Waals surface area contributed by atoms with Crippen molar-refractivity contribution in [3.05, 3.63) is 176 Å². The highest BCUT2D eigenvalue weighted by atomic mass is 32.1. The number of hydrogen-bond donors (Lipinski definition) is 0. The second-order valence-corrected chi connectivity index (χ2v) is 15.7. The van der Waals surface area contributed by atoms with Gasteiger partial charge in [0.2, 0.25) is 0 Å². The molecule has 56 heavy (non-hydrogen) atoms. The number of nitrogens with zero attached hydrogens (tertiary/aromatic N) is 5. The van der Waals surface area contributed by atoms with Crippen molar-refractivity contribution in [2.24, 2.45) is 0 Å². The molecule has 5 nitrogen and oxygen atoms in total.